The van der Waals surface area contributed by atoms with Gasteiger partial charge < -0.3 is 15.4 Å². The van der Waals surface area contributed by atoms with E-state index in [1.54, 1.807) is 0 Å². The van der Waals surface area contributed by atoms with Crippen LogP contribution in [-0.4, -0.2) is 42.7 Å². The van der Waals surface area contributed by atoms with E-state index in [2.05, 4.69) is 18.9 Å². The number of nitrogens with two attached hydrogens (primary N) is 1. The van der Waals surface area contributed by atoms with Crippen molar-refractivity contribution in [2.75, 3.05) is 26.8 Å². The zero-order valence-electron chi connectivity index (χ0n) is 9.45. The smallest absolute Gasteiger partial charge is 0.0743 e. The summed E-state index contributed by atoms with van der Waals surface area (Å²) < 4.78 is 5.30. The highest BCUT2D eigenvalue weighted by atomic mass is 32.1. The minimum atomic E-state index is 0.452. The van der Waals surface area contributed by atoms with E-state index in [1.165, 1.54) is 0 Å². The second-order valence-electron chi connectivity index (χ2n) is 3.41. The van der Waals surface area contributed by atoms with E-state index >= 15 is 0 Å². The molecule has 0 aliphatic heterocycles. The molecular weight excluding hydrogens is 196 g/mol. The number of ether oxygens (including phenoxy) is 1. The van der Waals surface area contributed by atoms with E-state index in [-0.39, 0.29) is 0 Å². The van der Waals surface area contributed by atoms with Crippen molar-refractivity contribution in [2.24, 2.45) is 5.73 Å². The zero-order chi connectivity index (χ0) is 11.0. The lowest BCUT2D eigenvalue weighted by atomic mass is 10.1. The first-order chi connectivity index (χ1) is 6.61. The first kappa shape index (κ1) is 13.8. The van der Waals surface area contributed by atoms with Gasteiger partial charge in [0.05, 0.1) is 11.6 Å². The van der Waals surface area contributed by atoms with Crippen LogP contribution in [0.3, 0.4) is 0 Å². The Balaban J connectivity index is 3.78. The lowest BCUT2D eigenvalue weighted by Gasteiger charge is -2.26. The molecule has 0 spiro atoms. The van der Waals surface area contributed by atoms with Gasteiger partial charge in [0.15, 0.2) is 0 Å². The van der Waals surface area contributed by atoms with Crippen LogP contribution < -0.4 is 5.73 Å². The molecule has 0 radical (unpaired) electrons. The molecule has 4 heteroatoms. The molecule has 1 atom stereocenters. The lowest BCUT2D eigenvalue weighted by Crippen LogP contribution is -2.36. The van der Waals surface area contributed by atoms with E-state index in [1.807, 2.05) is 6.92 Å². The summed E-state index contributed by atoms with van der Waals surface area (Å²) in [7, 11) is 2.09. The van der Waals surface area contributed by atoms with Crippen LogP contribution in [0.2, 0.25) is 0 Å². The van der Waals surface area contributed by atoms with Gasteiger partial charge in [-0.15, -0.1) is 0 Å². The van der Waals surface area contributed by atoms with Crippen molar-refractivity contribution in [2.45, 2.75) is 32.7 Å². The van der Waals surface area contributed by atoms with E-state index < -0.39 is 0 Å². The molecule has 0 amide bonds. The summed E-state index contributed by atoms with van der Waals surface area (Å²) in [5.41, 5.74) is 5.54. The largest absolute Gasteiger partial charge is 0.393 e. The quantitative estimate of drug-likeness (QED) is 0.494. The molecular formula is C10H22N2OS. The summed E-state index contributed by atoms with van der Waals surface area (Å²) in [4.78, 5) is 2.86. The van der Waals surface area contributed by atoms with Gasteiger partial charge in [-0.25, -0.2) is 0 Å². The average molecular weight is 218 g/mol. The van der Waals surface area contributed by atoms with E-state index in [9.17, 15) is 0 Å². The third kappa shape index (κ3) is 6.29. The predicted molar refractivity (Wildman–Crippen MR) is 64.6 cm³/mol. The fourth-order valence-corrected chi connectivity index (χ4v) is 1.57. The van der Waals surface area contributed by atoms with Crippen LogP contribution in [0.4, 0.5) is 0 Å². The molecule has 0 aliphatic rings. The van der Waals surface area contributed by atoms with E-state index in [4.69, 9.17) is 22.7 Å². The van der Waals surface area contributed by atoms with Gasteiger partial charge in [0.25, 0.3) is 0 Å². The van der Waals surface area contributed by atoms with Crippen molar-refractivity contribution in [1.29, 1.82) is 0 Å². The number of hydrogen-bond donors (Lipinski definition) is 1. The molecule has 0 saturated heterocycles. The summed E-state index contributed by atoms with van der Waals surface area (Å²) in [5, 5.41) is 0. The van der Waals surface area contributed by atoms with Gasteiger partial charge in [-0.3, -0.25) is 0 Å². The number of rotatable bonds is 8. The number of nitrogens with zero attached hydrogens (tertiary/aromatic N) is 1. The topological polar surface area (TPSA) is 38.5 Å². The Morgan fingerprint density at radius 2 is 2.14 bits per heavy atom. The molecule has 0 rings (SSSR count). The van der Waals surface area contributed by atoms with E-state index in [0.717, 1.165) is 32.6 Å². The van der Waals surface area contributed by atoms with Crippen LogP contribution in [0.25, 0.3) is 0 Å². The van der Waals surface area contributed by atoms with Crippen LogP contribution >= 0.6 is 12.2 Å². The summed E-state index contributed by atoms with van der Waals surface area (Å²) in [5.74, 6) is 0. The predicted octanol–water partition coefficient (Wildman–Crippen LogP) is 1.41. The maximum atomic E-state index is 5.54. The zero-order valence-corrected chi connectivity index (χ0v) is 10.3. The molecule has 0 fully saturated rings. The van der Waals surface area contributed by atoms with Crippen molar-refractivity contribution in [1.82, 2.24) is 4.90 Å². The van der Waals surface area contributed by atoms with Gasteiger partial charge in [0.2, 0.25) is 0 Å². The molecule has 0 aliphatic carbocycles. The first-order valence-corrected chi connectivity index (χ1v) is 5.58. The molecule has 0 aromatic carbocycles. The van der Waals surface area contributed by atoms with Gasteiger partial charge in [0.1, 0.15) is 0 Å². The van der Waals surface area contributed by atoms with Gasteiger partial charge in [-0.05, 0) is 20.4 Å². The van der Waals surface area contributed by atoms with Gasteiger partial charge in [-0.2, -0.15) is 0 Å². The van der Waals surface area contributed by atoms with Crippen molar-refractivity contribution in [3.8, 4) is 0 Å². The van der Waals surface area contributed by atoms with Crippen molar-refractivity contribution < 1.29 is 4.74 Å². The van der Waals surface area contributed by atoms with Gasteiger partial charge in [0, 0.05) is 25.6 Å². The SMILES string of the molecule is CCOCCN(C)C(CC)CC(N)=S. The van der Waals surface area contributed by atoms with Crippen molar-refractivity contribution in [3.63, 3.8) is 0 Å². The fourth-order valence-electron chi connectivity index (χ4n) is 1.38. The van der Waals surface area contributed by atoms with Crippen molar-refractivity contribution >= 4 is 17.2 Å². The van der Waals surface area contributed by atoms with Crippen LogP contribution in [0, 0.1) is 0 Å². The fraction of sp³-hybridized carbons (Fsp3) is 0.900. The molecule has 0 aromatic rings. The second-order valence-corrected chi connectivity index (χ2v) is 3.93. The molecule has 0 heterocycles. The van der Waals surface area contributed by atoms with E-state index in [0.29, 0.717) is 11.0 Å². The second kappa shape index (κ2) is 8.15. The highest BCUT2D eigenvalue weighted by Crippen LogP contribution is 2.06. The Bertz CT molecular complexity index is 164. The summed E-state index contributed by atoms with van der Waals surface area (Å²) in [6, 6.07) is 0.452. The van der Waals surface area contributed by atoms with Gasteiger partial charge in [-0.1, -0.05) is 19.1 Å². The third-order valence-corrected chi connectivity index (χ3v) is 2.49. The van der Waals surface area contributed by atoms with Crippen LogP contribution in [0.1, 0.15) is 26.7 Å². The molecule has 1 unspecified atom stereocenters. The molecule has 0 bridgehead atoms. The minimum Gasteiger partial charge on any atom is -0.393 e. The van der Waals surface area contributed by atoms with Crippen molar-refractivity contribution in [3.05, 3.63) is 0 Å². The summed E-state index contributed by atoms with van der Waals surface area (Å²) >= 11 is 4.91. The minimum absolute atomic E-state index is 0.452. The Morgan fingerprint density at radius 3 is 2.57 bits per heavy atom. The number of hydrogen-bond acceptors (Lipinski definition) is 3. The Labute approximate surface area is 92.6 Å². The molecule has 3 nitrogen and oxygen atoms in total. The monoisotopic (exact) mass is 218 g/mol. The lowest BCUT2D eigenvalue weighted by molar-refractivity contribution is 0.107. The molecule has 0 saturated carbocycles. The molecule has 84 valence electrons. The Hall–Kier alpha value is -0.190. The molecule has 2 N–H and O–H groups in total. The van der Waals surface area contributed by atoms with Crippen LogP contribution in [0.15, 0.2) is 0 Å². The number of likely N-dealkylation sites (N-methyl/N-ethyl adjacent to an activating group) is 1. The standard InChI is InChI=1S/C10H22N2OS/c1-4-9(8-10(11)14)12(3)6-7-13-5-2/h9H,4-8H2,1-3H3,(H2,11,14). The normalized spacial score (nSPS) is 13.1. The van der Waals surface area contributed by atoms with Gasteiger partial charge >= 0.3 is 0 Å². The summed E-state index contributed by atoms with van der Waals surface area (Å²) in [6.07, 6.45) is 1.87. The number of thiocarbonyl (C=S) groups is 1. The Morgan fingerprint density at radius 1 is 1.50 bits per heavy atom. The highest BCUT2D eigenvalue weighted by Gasteiger charge is 2.12. The summed E-state index contributed by atoms with van der Waals surface area (Å²) in [6.45, 7) is 6.65. The van der Waals surface area contributed by atoms with Crippen LogP contribution in [-0.2, 0) is 4.74 Å². The third-order valence-electron chi connectivity index (χ3n) is 2.32. The molecule has 14 heavy (non-hydrogen) atoms. The molecule has 0 aromatic heterocycles. The Kier molecular flexibility index (Phi) is 8.04. The maximum absolute atomic E-state index is 5.54. The average Bonchev–Trinajstić information content (AvgIpc) is 2.14. The maximum Gasteiger partial charge on any atom is 0.0743 e. The van der Waals surface area contributed by atoms with Crippen LogP contribution in [0.5, 0.6) is 0 Å². The first-order valence-electron chi connectivity index (χ1n) is 5.18. The highest BCUT2D eigenvalue weighted by molar-refractivity contribution is 7.80.